The quantitative estimate of drug-likeness (QED) is 0.726. The Morgan fingerprint density at radius 3 is 2.56 bits per heavy atom. The fourth-order valence-electron chi connectivity index (χ4n) is 2.43. The van der Waals surface area contributed by atoms with Gasteiger partial charge < -0.3 is 4.74 Å². The predicted octanol–water partition coefficient (Wildman–Crippen LogP) is 3.46. The van der Waals surface area contributed by atoms with Crippen molar-refractivity contribution < 1.29 is 9.53 Å². The van der Waals surface area contributed by atoms with E-state index in [4.69, 9.17) is 4.74 Å². The van der Waals surface area contributed by atoms with Gasteiger partial charge in [0, 0.05) is 5.92 Å². The Morgan fingerprint density at radius 1 is 1.19 bits per heavy atom. The third-order valence-electron chi connectivity index (χ3n) is 3.35. The summed E-state index contributed by atoms with van der Waals surface area (Å²) in [6.07, 6.45) is 5.72. The number of carbonyl (C=O) groups is 1. The van der Waals surface area contributed by atoms with Crippen LogP contribution in [0.15, 0.2) is 24.3 Å². The average Bonchev–Trinajstić information content (AvgIpc) is 2.39. The van der Waals surface area contributed by atoms with E-state index in [0.29, 0.717) is 5.75 Å². The number of benzene rings is 1. The maximum Gasteiger partial charge on any atom is 0.169 e. The van der Waals surface area contributed by atoms with E-state index in [0.717, 1.165) is 18.4 Å². The van der Waals surface area contributed by atoms with Gasteiger partial charge in [-0.05, 0) is 25.0 Å². The summed E-state index contributed by atoms with van der Waals surface area (Å²) in [5.41, 5.74) is 0.747. The second-order valence-corrected chi connectivity index (χ2v) is 4.40. The molecule has 1 saturated carbocycles. The van der Waals surface area contributed by atoms with Crippen LogP contribution in [0.5, 0.6) is 5.75 Å². The molecule has 0 heterocycles. The lowest BCUT2D eigenvalue weighted by Crippen LogP contribution is -2.18. The first-order valence-corrected chi connectivity index (χ1v) is 6.00. The highest BCUT2D eigenvalue weighted by molar-refractivity contribution is 6.00. The third kappa shape index (κ3) is 2.26. The molecular formula is C14H18O2. The van der Waals surface area contributed by atoms with Gasteiger partial charge in [0.15, 0.2) is 5.78 Å². The first kappa shape index (κ1) is 11.2. The highest BCUT2D eigenvalue weighted by Gasteiger charge is 2.24. The van der Waals surface area contributed by atoms with Crippen molar-refractivity contribution in [1.82, 2.24) is 0 Å². The molecule has 0 bridgehead atoms. The van der Waals surface area contributed by atoms with Crippen molar-refractivity contribution in [3.63, 3.8) is 0 Å². The van der Waals surface area contributed by atoms with Crippen molar-refractivity contribution in [3.05, 3.63) is 29.8 Å². The summed E-state index contributed by atoms with van der Waals surface area (Å²) in [5, 5.41) is 0. The van der Waals surface area contributed by atoms with Gasteiger partial charge >= 0.3 is 0 Å². The van der Waals surface area contributed by atoms with Gasteiger partial charge in [0.1, 0.15) is 5.75 Å². The van der Waals surface area contributed by atoms with Gasteiger partial charge in [0.2, 0.25) is 0 Å². The van der Waals surface area contributed by atoms with Crippen LogP contribution in [0.2, 0.25) is 0 Å². The number of Topliss-reactive ketones (excluding diaryl/α,β-unsaturated/α-hetero) is 1. The molecule has 86 valence electrons. The number of rotatable bonds is 3. The van der Waals surface area contributed by atoms with Gasteiger partial charge in [0.05, 0.1) is 12.7 Å². The number of hydrogen-bond donors (Lipinski definition) is 0. The van der Waals surface area contributed by atoms with Gasteiger partial charge in [-0.3, -0.25) is 4.79 Å². The zero-order valence-corrected chi connectivity index (χ0v) is 9.74. The summed E-state index contributed by atoms with van der Waals surface area (Å²) in [5.74, 6) is 1.18. The molecule has 1 aliphatic rings. The Kier molecular flexibility index (Phi) is 3.60. The zero-order chi connectivity index (χ0) is 11.4. The Hall–Kier alpha value is -1.31. The molecule has 1 aromatic carbocycles. The van der Waals surface area contributed by atoms with E-state index in [1.807, 2.05) is 24.3 Å². The largest absolute Gasteiger partial charge is 0.496 e. The summed E-state index contributed by atoms with van der Waals surface area (Å²) in [6, 6.07) is 7.53. The van der Waals surface area contributed by atoms with Crippen LogP contribution >= 0.6 is 0 Å². The smallest absolute Gasteiger partial charge is 0.169 e. The van der Waals surface area contributed by atoms with Crippen molar-refractivity contribution in [3.8, 4) is 5.75 Å². The molecule has 2 heteroatoms. The van der Waals surface area contributed by atoms with E-state index in [9.17, 15) is 4.79 Å². The molecular weight excluding hydrogens is 200 g/mol. The van der Waals surface area contributed by atoms with Crippen molar-refractivity contribution >= 4 is 5.78 Å². The molecule has 0 atom stereocenters. The Morgan fingerprint density at radius 2 is 1.88 bits per heavy atom. The van der Waals surface area contributed by atoms with Crippen molar-refractivity contribution in [2.75, 3.05) is 7.11 Å². The normalized spacial score (nSPS) is 17.1. The molecule has 0 unspecified atom stereocenters. The SMILES string of the molecule is COc1ccccc1C(=O)C1CCCCC1. The fourth-order valence-corrected chi connectivity index (χ4v) is 2.43. The third-order valence-corrected chi connectivity index (χ3v) is 3.35. The van der Waals surface area contributed by atoms with Crippen molar-refractivity contribution in [2.45, 2.75) is 32.1 Å². The first-order chi connectivity index (χ1) is 7.83. The van der Waals surface area contributed by atoms with E-state index in [2.05, 4.69) is 0 Å². The number of methoxy groups -OCH3 is 1. The molecule has 0 aromatic heterocycles. The lowest BCUT2D eigenvalue weighted by molar-refractivity contribution is 0.0886. The molecule has 2 nitrogen and oxygen atoms in total. The van der Waals surface area contributed by atoms with Crippen molar-refractivity contribution in [1.29, 1.82) is 0 Å². The molecule has 1 aromatic rings. The molecule has 0 radical (unpaired) electrons. The molecule has 1 aliphatic carbocycles. The minimum absolute atomic E-state index is 0.213. The van der Waals surface area contributed by atoms with Crippen molar-refractivity contribution in [2.24, 2.45) is 5.92 Å². The number of hydrogen-bond acceptors (Lipinski definition) is 2. The maximum absolute atomic E-state index is 12.3. The molecule has 16 heavy (non-hydrogen) atoms. The number of carbonyl (C=O) groups excluding carboxylic acids is 1. The molecule has 2 rings (SSSR count). The fraction of sp³-hybridized carbons (Fsp3) is 0.500. The first-order valence-electron chi connectivity index (χ1n) is 6.00. The highest BCUT2D eigenvalue weighted by Crippen LogP contribution is 2.29. The Labute approximate surface area is 96.6 Å². The summed E-state index contributed by atoms with van der Waals surface area (Å²) in [7, 11) is 1.62. The topological polar surface area (TPSA) is 26.3 Å². The summed E-state index contributed by atoms with van der Waals surface area (Å²) >= 11 is 0. The van der Waals surface area contributed by atoms with E-state index < -0.39 is 0 Å². The lowest BCUT2D eigenvalue weighted by atomic mass is 9.83. The number of para-hydroxylation sites is 1. The van der Waals surface area contributed by atoms with Crippen LogP contribution in [0.1, 0.15) is 42.5 Å². The Balaban J connectivity index is 2.19. The molecule has 0 N–H and O–H groups in total. The summed E-state index contributed by atoms with van der Waals surface area (Å²) < 4.78 is 5.24. The van der Waals surface area contributed by atoms with E-state index in [1.165, 1.54) is 19.3 Å². The van der Waals surface area contributed by atoms with E-state index >= 15 is 0 Å². The second-order valence-electron chi connectivity index (χ2n) is 4.40. The van der Waals surface area contributed by atoms with Gasteiger partial charge in [-0.2, -0.15) is 0 Å². The van der Waals surface area contributed by atoms with Crippen LogP contribution in [-0.4, -0.2) is 12.9 Å². The van der Waals surface area contributed by atoms with Crippen LogP contribution < -0.4 is 4.74 Å². The van der Waals surface area contributed by atoms with Gasteiger partial charge in [-0.25, -0.2) is 0 Å². The maximum atomic E-state index is 12.3. The Bertz CT molecular complexity index is 365. The van der Waals surface area contributed by atoms with Crippen LogP contribution in [0, 0.1) is 5.92 Å². The minimum Gasteiger partial charge on any atom is -0.496 e. The van der Waals surface area contributed by atoms with Gasteiger partial charge in [-0.1, -0.05) is 31.4 Å². The number of ketones is 1. The molecule has 0 spiro atoms. The summed E-state index contributed by atoms with van der Waals surface area (Å²) in [6.45, 7) is 0. The summed E-state index contributed by atoms with van der Waals surface area (Å²) in [4.78, 5) is 12.3. The van der Waals surface area contributed by atoms with Gasteiger partial charge in [0.25, 0.3) is 0 Å². The minimum atomic E-state index is 0.213. The molecule has 0 saturated heterocycles. The van der Waals surface area contributed by atoms with Gasteiger partial charge in [-0.15, -0.1) is 0 Å². The second kappa shape index (κ2) is 5.15. The molecule has 0 amide bonds. The highest BCUT2D eigenvalue weighted by atomic mass is 16.5. The monoisotopic (exact) mass is 218 g/mol. The van der Waals surface area contributed by atoms with Crippen LogP contribution in [0.25, 0.3) is 0 Å². The number of ether oxygens (including phenoxy) is 1. The van der Waals surface area contributed by atoms with E-state index in [1.54, 1.807) is 7.11 Å². The predicted molar refractivity (Wildman–Crippen MR) is 63.9 cm³/mol. The van der Waals surface area contributed by atoms with E-state index in [-0.39, 0.29) is 11.7 Å². The molecule has 0 aliphatic heterocycles. The zero-order valence-electron chi connectivity index (χ0n) is 9.74. The molecule has 1 fully saturated rings. The van der Waals surface area contributed by atoms with Crippen LogP contribution in [0.3, 0.4) is 0 Å². The lowest BCUT2D eigenvalue weighted by Gasteiger charge is -2.21. The van der Waals surface area contributed by atoms with Crippen LogP contribution in [0.4, 0.5) is 0 Å². The van der Waals surface area contributed by atoms with Crippen LogP contribution in [-0.2, 0) is 0 Å². The standard InChI is InChI=1S/C14H18O2/c1-16-13-10-6-5-9-12(13)14(15)11-7-3-2-4-8-11/h5-6,9-11H,2-4,7-8H2,1H3. The average molecular weight is 218 g/mol.